The lowest BCUT2D eigenvalue weighted by Gasteiger charge is -2.28. The number of rotatable bonds is 13. The highest BCUT2D eigenvalue weighted by Crippen LogP contribution is 2.31. The van der Waals surface area contributed by atoms with E-state index in [1.54, 1.807) is 40.7 Å². The van der Waals surface area contributed by atoms with Crippen molar-refractivity contribution in [2.24, 2.45) is 0 Å². The lowest BCUT2D eigenvalue weighted by atomic mass is 9.89. The zero-order chi connectivity index (χ0) is 30.9. The van der Waals surface area contributed by atoms with Gasteiger partial charge >= 0.3 is 11.9 Å². The molecule has 1 amide bonds. The Balaban J connectivity index is 1.41. The fourth-order valence-electron chi connectivity index (χ4n) is 5.12. The van der Waals surface area contributed by atoms with Crippen molar-refractivity contribution in [3.8, 4) is 0 Å². The number of hydrogen-bond donors (Lipinski definition) is 1. The highest BCUT2D eigenvalue weighted by atomic mass is 32.2. The molecule has 0 aliphatic heterocycles. The van der Waals surface area contributed by atoms with Crippen molar-refractivity contribution in [1.82, 2.24) is 9.55 Å². The third-order valence-corrected chi connectivity index (χ3v) is 8.20. The Hall–Kier alpha value is -4.89. The molecular weight excluding hydrogens is 574 g/mol. The summed E-state index contributed by atoms with van der Waals surface area (Å²) in [5, 5.41) is 10.1. The maximum absolute atomic E-state index is 14.5. The molecule has 4 aromatic carbocycles. The maximum Gasteiger partial charge on any atom is 0.338 e. The maximum atomic E-state index is 14.5. The molecular formula is C35H33N3O5S. The van der Waals surface area contributed by atoms with Crippen molar-refractivity contribution in [3.63, 3.8) is 0 Å². The molecule has 5 aromatic rings. The molecule has 1 N–H and O–H groups in total. The van der Waals surface area contributed by atoms with E-state index >= 15 is 0 Å². The summed E-state index contributed by atoms with van der Waals surface area (Å²) in [4.78, 5) is 44.8. The summed E-state index contributed by atoms with van der Waals surface area (Å²) in [5.41, 5.74) is 4.36. The summed E-state index contributed by atoms with van der Waals surface area (Å²) in [6.07, 6.45) is 0.614. The second-order valence-electron chi connectivity index (χ2n) is 10.1. The number of benzene rings is 4. The molecule has 8 nitrogen and oxygen atoms in total. The minimum atomic E-state index is -0.939. The number of imidazole rings is 1. The number of aliphatic carboxylic acids is 1. The predicted molar refractivity (Wildman–Crippen MR) is 172 cm³/mol. The number of nitrogens with zero attached hydrogens (tertiary/aromatic N) is 3. The SMILES string of the molecule is CCOC(=O)c1ccc(N(CCCSc2nc3ccccc3n2CC(=O)O)C(=O)C(c2ccccc2)c2ccccc2)cc1. The van der Waals surface area contributed by atoms with Gasteiger partial charge in [-0.1, -0.05) is 84.6 Å². The van der Waals surface area contributed by atoms with Gasteiger partial charge in [-0.15, -0.1) is 0 Å². The molecule has 0 fully saturated rings. The number of fused-ring (bicyclic) bond motifs is 1. The van der Waals surface area contributed by atoms with E-state index in [0.29, 0.717) is 35.1 Å². The van der Waals surface area contributed by atoms with Crippen LogP contribution in [-0.4, -0.2) is 51.4 Å². The average Bonchev–Trinajstić information content (AvgIpc) is 3.38. The van der Waals surface area contributed by atoms with E-state index in [1.807, 2.05) is 84.9 Å². The standard InChI is InChI=1S/C35H33N3O5S/c1-2-43-34(42)27-18-20-28(21-19-27)37(33(41)32(25-12-5-3-6-13-25)26-14-7-4-8-15-26)22-11-23-44-35-36-29-16-9-10-17-30(29)38(35)24-31(39)40/h3-10,12-21,32H,2,11,22-24H2,1H3,(H,39,40). The molecule has 0 atom stereocenters. The van der Waals surface area contributed by atoms with E-state index in [1.165, 1.54) is 11.8 Å². The van der Waals surface area contributed by atoms with E-state index in [4.69, 9.17) is 4.74 Å². The van der Waals surface area contributed by atoms with Gasteiger partial charge in [0.25, 0.3) is 0 Å². The number of thioether (sulfide) groups is 1. The van der Waals surface area contributed by atoms with Crippen LogP contribution in [0.4, 0.5) is 5.69 Å². The minimum absolute atomic E-state index is 0.0885. The summed E-state index contributed by atoms with van der Waals surface area (Å²) < 4.78 is 6.85. The summed E-state index contributed by atoms with van der Waals surface area (Å²) in [5.74, 6) is -1.37. The Labute approximate surface area is 260 Å². The summed E-state index contributed by atoms with van der Waals surface area (Å²) in [6.45, 7) is 2.25. The van der Waals surface area contributed by atoms with Gasteiger partial charge in [0.15, 0.2) is 5.16 Å². The van der Waals surface area contributed by atoms with Crippen LogP contribution in [0, 0.1) is 0 Å². The molecule has 224 valence electrons. The summed E-state index contributed by atoms with van der Waals surface area (Å²) >= 11 is 1.47. The minimum Gasteiger partial charge on any atom is -0.480 e. The van der Waals surface area contributed by atoms with E-state index in [2.05, 4.69) is 4.98 Å². The number of amides is 1. The van der Waals surface area contributed by atoms with Crippen molar-refractivity contribution in [2.45, 2.75) is 31.0 Å². The number of carbonyl (C=O) groups excluding carboxylic acids is 2. The highest BCUT2D eigenvalue weighted by molar-refractivity contribution is 7.99. The Morgan fingerprint density at radius 2 is 1.48 bits per heavy atom. The number of esters is 1. The molecule has 0 aliphatic carbocycles. The first kappa shape index (κ1) is 30.6. The van der Waals surface area contributed by atoms with Gasteiger partial charge in [-0.25, -0.2) is 9.78 Å². The van der Waals surface area contributed by atoms with Crippen molar-refractivity contribution < 1.29 is 24.2 Å². The molecule has 1 aromatic heterocycles. The summed E-state index contributed by atoms with van der Waals surface area (Å²) in [7, 11) is 0. The number of anilines is 1. The first-order valence-corrected chi connectivity index (χ1v) is 15.4. The van der Waals surface area contributed by atoms with E-state index < -0.39 is 17.9 Å². The van der Waals surface area contributed by atoms with Crippen LogP contribution >= 0.6 is 11.8 Å². The van der Waals surface area contributed by atoms with Crippen molar-refractivity contribution >= 4 is 46.3 Å². The molecule has 0 aliphatic rings. The second-order valence-corrected chi connectivity index (χ2v) is 11.1. The molecule has 0 saturated heterocycles. The predicted octanol–water partition coefficient (Wildman–Crippen LogP) is 6.65. The van der Waals surface area contributed by atoms with Gasteiger partial charge in [-0.05, 0) is 60.9 Å². The number of carbonyl (C=O) groups is 3. The van der Waals surface area contributed by atoms with Gasteiger partial charge < -0.3 is 19.3 Å². The van der Waals surface area contributed by atoms with Gasteiger partial charge in [0, 0.05) is 18.0 Å². The van der Waals surface area contributed by atoms with Gasteiger partial charge in [0.05, 0.1) is 29.1 Å². The fourth-order valence-corrected chi connectivity index (χ4v) is 6.06. The Morgan fingerprint density at radius 3 is 2.09 bits per heavy atom. The monoisotopic (exact) mass is 607 g/mol. The highest BCUT2D eigenvalue weighted by Gasteiger charge is 2.28. The third-order valence-electron chi connectivity index (χ3n) is 7.14. The molecule has 0 bridgehead atoms. The lowest BCUT2D eigenvalue weighted by molar-refractivity contribution is -0.137. The van der Waals surface area contributed by atoms with Gasteiger partial charge in [0.1, 0.15) is 6.54 Å². The van der Waals surface area contributed by atoms with E-state index in [0.717, 1.165) is 22.2 Å². The van der Waals surface area contributed by atoms with Crippen LogP contribution in [0.5, 0.6) is 0 Å². The number of hydrogen-bond acceptors (Lipinski definition) is 6. The first-order valence-electron chi connectivity index (χ1n) is 14.4. The zero-order valence-electron chi connectivity index (χ0n) is 24.3. The Bertz CT molecular complexity index is 1680. The van der Waals surface area contributed by atoms with Gasteiger partial charge in [0.2, 0.25) is 5.91 Å². The van der Waals surface area contributed by atoms with Crippen molar-refractivity contribution in [1.29, 1.82) is 0 Å². The lowest BCUT2D eigenvalue weighted by Crippen LogP contribution is -2.37. The van der Waals surface area contributed by atoms with Crippen LogP contribution in [0.3, 0.4) is 0 Å². The average molecular weight is 608 g/mol. The van der Waals surface area contributed by atoms with Crippen LogP contribution in [-0.2, 0) is 20.9 Å². The van der Waals surface area contributed by atoms with Gasteiger partial charge in [-0.3, -0.25) is 9.59 Å². The second kappa shape index (κ2) is 14.5. The number of carboxylic acid groups (broad SMARTS) is 1. The van der Waals surface area contributed by atoms with Crippen LogP contribution in [0.1, 0.15) is 40.7 Å². The van der Waals surface area contributed by atoms with Crippen LogP contribution in [0.15, 0.2) is 114 Å². The molecule has 9 heteroatoms. The molecule has 5 rings (SSSR count). The molecule has 1 heterocycles. The zero-order valence-corrected chi connectivity index (χ0v) is 25.2. The largest absolute Gasteiger partial charge is 0.480 e. The molecule has 0 saturated carbocycles. The number of carboxylic acids is 1. The Kier molecular flexibility index (Phi) is 10.1. The molecule has 0 unspecified atom stereocenters. The smallest absolute Gasteiger partial charge is 0.338 e. The number of para-hydroxylation sites is 2. The van der Waals surface area contributed by atoms with Gasteiger partial charge in [-0.2, -0.15) is 0 Å². The topological polar surface area (TPSA) is 102 Å². The molecule has 0 radical (unpaired) electrons. The quantitative estimate of drug-likeness (QED) is 0.0909. The first-order chi connectivity index (χ1) is 21.5. The van der Waals surface area contributed by atoms with E-state index in [-0.39, 0.29) is 19.1 Å². The summed E-state index contributed by atoms with van der Waals surface area (Å²) in [6, 6.07) is 33.8. The molecule has 0 spiro atoms. The molecule has 44 heavy (non-hydrogen) atoms. The van der Waals surface area contributed by atoms with Crippen molar-refractivity contribution in [3.05, 3.63) is 126 Å². The van der Waals surface area contributed by atoms with Crippen LogP contribution in [0.2, 0.25) is 0 Å². The number of ether oxygens (including phenoxy) is 1. The van der Waals surface area contributed by atoms with Crippen LogP contribution < -0.4 is 4.90 Å². The normalized spacial score (nSPS) is 11.0. The van der Waals surface area contributed by atoms with Crippen molar-refractivity contribution in [2.75, 3.05) is 23.8 Å². The Morgan fingerprint density at radius 1 is 0.864 bits per heavy atom. The van der Waals surface area contributed by atoms with Crippen LogP contribution in [0.25, 0.3) is 11.0 Å². The number of aromatic nitrogens is 2. The van der Waals surface area contributed by atoms with E-state index in [9.17, 15) is 19.5 Å². The fraction of sp³-hybridized carbons (Fsp3) is 0.200. The third kappa shape index (κ3) is 7.18.